The molecule has 0 fully saturated rings. The molecule has 6 nitrogen and oxygen atoms in total. The number of aryl methyl sites for hydroxylation is 1. The molecule has 0 saturated heterocycles. The largest absolute Gasteiger partial charge is 0.468 e. The minimum absolute atomic E-state index is 0.216. The lowest BCUT2D eigenvalue weighted by Gasteiger charge is -2.14. The van der Waals surface area contributed by atoms with Crippen LogP contribution in [0.15, 0.2) is 40.0 Å². The number of nitrogens with one attached hydrogen (secondary N) is 1. The van der Waals surface area contributed by atoms with Gasteiger partial charge in [0, 0.05) is 32.0 Å². The van der Waals surface area contributed by atoms with Gasteiger partial charge in [-0.1, -0.05) is 0 Å². The summed E-state index contributed by atoms with van der Waals surface area (Å²) in [5.41, 5.74) is 0.949. The van der Waals surface area contributed by atoms with E-state index in [0.717, 1.165) is 12.2 Å². The first kappa shape index (κ1) is 15.8. The average molecular weight is 311 g/mol. The minimum atomic E-state index is -3.52. The van der Waals surface area contributed by atoms with E-state index in [-0.39, 0.29) is 6.54 Å². The molecule has 116 valence electrons. The van der Waals surface area contributed by atoms with Crippen molar-refractivity contribution in [2.45, 2.75) is 31.5 Å². The number of nitrogens with zero attached hydrogens (tertiary/aromatic N) is 2. The summed E-state index contributed by atoms with van der Waals surface area (Å²) in [7, 11) is -0.128. The van der Waals surface area contributed by atoms with Crippen LogP contribution in [0.2, 0.25) is 0 Å². The van der Waals surface area contributed by atoms with E-state index in [9.17, 15) is 8.42 Å². The zero-order chi connectivity index (χ0) is 15.5. The normalized spacial score (nSPS) is 12.2. The van der Waals surface area contributed by atoms with Crippen molar-refractivity contribution in [3.05, 3.63) is 42.1 Å². The third-order valence-electron chi connectivity index (χ3n) is 3.33. The van der Waals surface area contributed by atoms with E-state index in [0.29, 0.717) is 17.2 Å². The molecule has 0 saturated carbocycles. The topological polar surface area (TPSA) is 67.5 Å². The monoisotopic (exact) mass is 311 g/mol. The smallest absolute Gasteiger partial charge is 0.244 e. The zero-order valence-electron chi connectivity index (χ0n) is 12.5. The van der Waals surface area contributed by atoms with Crippen LogP contribution in [0.1, 0.15) is 18.4 Å². The molecule has 2 aromatic heterocycles. The van der Waals surface area contributed by atoms with Crippen molar-refractivity contribution >= 4 is 10.0 Å². The molecule has 0 atom stereocenters. The fraction of sp³-hybridized carbons (Fsp3) is 0.429. The Bertz CT molecular complexity index is 674. The highest BCUT2D eigenvalue weighted by molar-refractivity contribution is 7.89. The molecule has 0 bridgehead atoms. The van der Waals surface area contributed by atoms with Gasteiger partial charge in [-0.3, -0.25) is 0 Å². The molecule has 0 aromatic carbocycles. The number of furan rings is 1. The van der Waals surface area contributed by atoms with E-state index in [1.807, 2.05) is 18.5 Å². The number of aromatic nitrogens is 1. The lowest BCUT2D eigenvalue weighted by molar-refractivity contribution is 0.406. The van der Waals surface area contributed by atoms with Gasteiger partial charge in [0.2, 0.25) is 10.0 Å². The predicted octanol–water partition coefficient (Wildman–Crippen LogP) is 1.64. The van der Waals surface area contributed by atoms with Gasteiger partial charge >= 0.3 is 0 Å². The summed E-state index contributed by atoms with van der Waals surface area (Å²) in [6.07, 6.45) is 3.22. The van der Waals surface area contributed by atoms with Gasteiger partial charge in [0.15, 0.2) is 0 Å². The van der Waals surface area contributed by atoms with E-state index in [1.165, 1.54) is 10.6 Å². The standard InChI is InChI=1S/C14H21N3O3S/c1-4-17-11-14(8-12(17)9-15-2)21(18,19)16(3)10-13-6-5-7-20-13/h5-8,11,15H,4,9-10H2,1-3H3. The molecule has 2 heterocycles. The maximum absolute atomic E-state index is 12.6. The maximum Gasteiger partial charge on any atom is 0.244 e. The first-order valence-corrected chi connectivity index (χ1v) is 8.25. The molecule has 0 spiro atoms. The number of hydrogen-bond donors (Lipinski definition) is 1. The Morgan fingerprint density at radius 1 is 1.43 bits per heavy atom. The summed E-state index contributed by atoms with van der Waals surface area (Å²) in [5, 5.41) is 3.04. The molecule has 0 amide bonds. The average Bonchev–Trinajstić information content (AvgIpc) is 3.08. The molecule has 0 aliphatic rings. The Balaban J connectivity index is 2.26. The van der Waals surface area contributed by atoms with Gasteiger partial charge in [-0.2, -0.15) is 4.31 Å². The van der Waals surface area contributed by atoms with Crippen LogP contribution in [-0.4, -0.2) is 31.4 Å². The third-order valence-corrected chi connectivity index (χ3v) is 5.09. The fourth-order valence-corrected chi connectivity index (χ4v) is 3.38. The Morgan fingerprint density at radius 3 is 2.76 bits per heavy atom. The van der Waals surface area contributed by atoms with Gasteiger partial charge in [-0.25, -0.2) is 8.42 Å². The lowest BCUT2D eigenvalue weighted by atomic mass is 10.4. The Morgan fingerprint density at radius 2 is 2.19 bits per heavy atom. The molecule has 0 radical (unpaired) electrons. The van der Waals surface area contributed by atoms with Crippen LogP contribution >= 0.6 is 0 Å². The van der Waals surface area contributed by atoms with Crippen LogP contribution in [0, 0.1) is 0 Å². The van der Waals surface area contributed by atoms with E-state index in [1.54, 1.807) is 31.4 Å². The number of hydrogen-bond acceptors (Lipinski definition) is 4. The molecule has 0 unspecified atom stereocenters. The van der Waals surface area contributed by atoms with Crippen LogP contribution in [0.4, 0.5) is 0 Å². The number of rotatable bonds is 7. The fourth-order valence-electron chi connectivity index (χ4n) is 2.18. The van der Waals surface area contributed by atoms with E-state index in [4.69, 9.17) is 4.42 Å². The van der Waals surface area contributed by atoms with Gasteiger partial charge in [0.1, 0.15) is 10.7 Å². The maximum atomic E-state index is 12.6. The first-order valence-electron chi connectivity index (χ1n) is 6.81. The number of sulfonamides is 1. The Labute approximate surface area is 125 Å². The highest BCUT2D eigenvalue weighted by Crippen LogP contribution is 2.20. The van der Waals surface area contributed by atoms with Crippen LogP contribution in [-0.2, 0) is 29.7 Å². The van der Waals surface area contributed by atoms with Crippen molar-refractivity contribution in [2.75, 3.05) is 14.1 Å². The summed E-state index contributed by atoms with van der Waals surface area (Å²) in [6, 6.07) is 5.22. The van der Waals surface area contributed by atoms with Crippen molar-refractivity contribution in [3.63, 3.8) is 0 Å². The van der Waals surface area contributed by atoms with Gasteiger partial charge in [0.25, 0.3) is 0 Å². The molecular weight excluding hydrogens is 290 g/mol. The molecule has 0 aliphatic carbocycles. The van der Waals surface area contributed by atoms with Gasteiger partial charge in [-0.15, -0.1) is 0 Å². The Kier molecular flexibility index (Phi) is 4.87. The first-order chi connectivity index (χ1) is 9.98. The lowest BCUT2D eigenvalue weighted by Crippen LogP contribution is -2.26. The van der Waals surface area contributed by atoms with E-state index >= 15 is 0 Å². The summed E-state index contributed by atoms with van der Waals surface area (Å²) in [5.74, 6) is 0.617. The Hall–Kier alpha value is -1.57. The zero-order valence-corrected chi connectivity index (χ0v) is 13.4. The van der Waals surface area contributed by atoms with Crippen molar-refractivity contribution in [1.82, 2.24) is 14.2 Å². The minimum Gasteiger partial charge on any atom is -0.468 e. The van der Waals surface area contributed by atoms with E-state index in [2.05, 4.69) is 5.32 Å². The molecule has 0 aliphatic heterocycles. The van der Waals surface area contributed by atoms with Crippen molar-refractivity contribution in [1.29, 1.82) is 0 Å². The van der Waals surface area contributed by atoms with Gasteiger partial charge in [-0.05, 0) is 32.2 Å². The summed E-state index contributed by atoms with van der Waals surface area (Å²) >= 11 is 0. The molecule has 7 heteroatoms. The highest BCUT2D eigenvalue weighted by Gasteiger charge is 2.24. The highest BCUT2D eigenvalue weighted by atomic mass is 32.2. The quantitative estimate of drug-likeness (QED) is 0.844. The third kappa shape index (κ3) is 3.37. The molecule has 21 heavy (non-hydrogen) atoms. The molecule has 2 aromatic rings. The molecule has 1 N–H and O–H groups in total. The van der Waals surface area contributed by atoms with Gasteiger partial charge in [0.05, 0.1) is 12.8 Å². The van der Waals surface area contributed by atoms with Crippen molar-refractivity contribution < 1.29 is 12.8 Å². The van der Waals surface area contributed by atoms with Crippen LogP contribution < -0.4 is 5.32 Å². The predicted molar refractivity (Wildman–Crippen MR) is 80.2 cm³/mol. The van der Waals surface area contributed by atoms with Gasteiger partial charge < -0.3 is 14.3 Å². The SMILES string of the molecule is CCn1cc(S(=O)(=O)N(C)Cc2ccco2)cc1CNC. The van der Waals surface area contributed by atoms with Crippen molar-refractivity contribution in [2.24, 2.45) is 0 Å². The molecular formula is C14H21N3O3S. The summed E-state index contributed by atoms with van der Waals surface area (Å²) < 4.78 is 33.6. The summed E-state index contributed by atoms with van der Waals surface area (Å²) in [4.78, 5) is 0.309. The van der Waals surface area contributed by atoms with Crippen LogP contribution in [0.3, 0.4) is 0 Å². The van der Waals surface area contributed by atoms with Crippen LogP contribution in [0.5, 0.6) is 0 Å². The van der Waals surface area contributed by atoms with Crippen LogP contribution in [0.25, 0.3) is 0 Å². The van der Waals surface area contributed by atoms with Crippen molar-refractivity contribution in [3.8, 4) is 0 Å². The molecule has 2 rings (SSSR count). The second-order valence-electron chi connectivity index (χ2n) is 4.82. The van der Waals surface area contributed by atoms with E-state index < -0.39 is 10.0 Å². The second-order valence-corrected chi connectivity index (χ2v) is 6.87. The summed E-state index contributed by atoms with van der Waals surface area (Å²) in [6.45, 7) is 3.57. The second kappa shape index (κ2) is 6.46.